The first-order chi connectivity index (χ1) is 12.3. The number of carbonyl (C=O) groups excluding carboxylic acids is 1. The van der Waals surface area contributed by atoms with Gasteiger partial charge in [-0.1, -0.05) is 48.3 Å². The van der Waals surface area contributed by atoms with Gasteiger partial charge in [0.05, 0.1) is 0 Å². The molecule has 1 amide bonds. The topological polar surface area (TPSA) is 59.2 Å². The molecule has 0 bridgehead atoms. The van der Waals surface area contributed by atoms with Crippen molar-refractivity contribution in [3.63, 3.8) is 0 Å². The van der Waals surface area contributed by atoms with E-state index in [1.807, 2.05) is 30.3 Å². The van der Waals surface area contributed by atoms with E-state index >= 15 is 0 Å². The summed E-state index contributed by atoms with van der Waals surface area (Å²) in [7, 11) is 0. The summed E-state index contributed by atoms with van der Waals surface area (Å²) in [5.74, 6) is 2.10. The quantitative estimate of drug-likeness (QED) is 0.849. The minimum Gasteiger partial charge on any atom is -0.339 e. The Bertz CT molecular complexity index is 711. The van der Waals surface area contributed by atoms with Crippen LogP contribution in [-0.2, 0) is 11.2 Å². The second-order valence-electron chi connectivity index (χ2n) is 7.22. The molecule has 1 aliphatic carbocycles. The number of amides is 1. The molecule has 2 aromatic rings. The predicted molar refractivity (Wildman–Crippen MR) is 94.7 cm³/mol. The molecule has 5 nitrogen and oxygen atoms in total. The number of hydrogen-bond donors (Lipinski definition) is 0. The lowest BCUT2D eigenvalue weighted by Gasteiger charge is -2.44. The molecule has 0 N–H and O–H groups in total. The van der Waals surface area contributed by atoms with Gasteiger partial charge in [-0.05, 0) is 31.6 Å². The highest BCUT2D eigenvalue weighted by Crippen LogP contribution is 2.35. The molecule has 1 aromatic heterocycles. The number of likely N-dealkylation sites (tertiary alicyclic amines) is 1. The number of piperidine rings is 1. The van der Waals surface area contributed by atoms with E-state index in [9.17, 15) is 4.79 Å². The summed E-state index contributed by atoms with van der Waals surface area (Å²) in [4.78, 5) is 19.3. The molecular weight excluding hydrogens is 314 g/mol. The number of benzene rings is 1. The molecule has 1 aliphatic heterocycles. The maximum Gasteiger partial charge on any atom is 0.227 e. The maximum absolute atomic E-state index is 12.7. The summed E-state index contributed by atoms with van der Waals surface area (Å²) in [6, 6.07) is 10.2. The first kappa shape index (κ1) is 16.3. The van der Waals surface area contributed by atoms with Crippen LogP contribution in [0.1, 0.15) is 50.8 Å². The fourth-order valence-corrected chi connectivity index (χ4v) is 4.35. The number of rotatable bonds is 4. The van der Waals surface area contributed by atoms with Gasteiger partial charge in [0.15, 0.2) is 0 Å². The first-order valence-corrected chi connectivity index (χ1v) is 9.49. The Morgan fingerprint density at radius 3 is 2.80 bits per heavy atom. The fraction of sp³-hybridized carbons (Fsp3) is 0.550. The normalized spacial score (nSPS) is 23.3. The summed E-state index contributed by atoms with van der Waals surface area (Å²) in [5.41, 5.74) is 0.935. The third-order valence-electron chi connectivity index (χ3n) is 5.62. The van der Waals surface area contributed by atoms with Crippen molar-refractivity contribution >= 4 is 5.91 Å². The third-order valence-corrected chi connectivity index (χ3v) is 5.62. The molecule has 4 rings (SSSR count). The molecule has 1 aromatic carbocycles. The number of carbonyl (C=O) groups is 1. The molecule has 0 radical (unpaired) electrons. The van der Waals surface area contributed by atoms with Crippen LogP contribution >= 0.6 is 0 Å². The van der Waals surface area contributed by atoms with Gasteiger partial charge in [0.1, 0.15) is 0 Å². The molecule has 2 heterocycles. The minimum atomic E-state index is 0.246. The van der Waals surface area contributed by atoms with Crippen molar-refractivity contribution in [2.45, 2.75) is 57.4 Å². The zero-order valence-electron chi connectivity index (χ0n) is 14.6. The second kappa shape index (κ2) is 7.38. The molecule has 2 atom stereocenters. The van der Waals surface area contributed by atoms with E-state index in [-0.39, 0.29) is 5.91 Å². The van der Waals surface area contributed by atoms with E-state index < -0.39 is 0 Å². The highest BCUT2D eigenvalue weighted by Gasteiger charge is 2.35. The van der Waals surface area contributed by atoms with Crippen LogP contribution in [0.25, 0.3) is 11.4 Å². The molecule has 1 saturated heterocycles. The van der Waals surface area contributed by atoms with Crippen molar-refractivity contribution < 1.29 is 9.32 Å². The van der Waals surface area contributed by atoms with Gasteiger partial charge in [0.25, 0.3) is 0 Å². The lowest BCUT2D eigenvalue weighted by molar-refractivity contribution is -0.137. The lowest BCUT2D eigenvalue weighted by Crippen LogP contribution is -2.49. The number of hydrogen-bond acceptors (Lipinski definition) is 4. The zero-order valence-corrected chi connectivity index (χ0v) is 14.6. The van der Waals surface area contributed by atoms with Crippen LogP contribution in [0.15, 0.2) is 34.9 Å². The molecule has 132 valence electrons. The van der Waals surface area contributed by atoms with Crippen LogP contribution in [0.2, 0.25) is 0 Å². The van der Waals surface area contributed by atoms with E-state index in [0.29, 0.717) is 30.6 Å². The SMILES string of the molecule is O=C(CCc1nc(-c2ccccc2)no1)N1CCCC2CCCCC21. The van der Waals surface area contributed by atoms with Crippen LogP contribution in [0, 0.1) is 5.92 Å². The Labute approximate surface area is 148 Å². The van der Waals surface area contributed by atoms with Gasteiger partial charge in [-0.2, -0.15) is 4.98 Å². The van der Waals surface area contributed by atoms with Gasteiger partial charge in [-0.3, -0.25) is 4.79 Å². The molecule has 2 fully saturated rings. The molecular formula is C20H25N3O2. The van der Waals surface area contributed by atoms with Crippen LogP contribution < -0.4 is 0 Å². The number of nitrogens with zero attached hydrogens (tertiary/aromatic N) is 3. The Hall–Kier alpha value is -2.17. The average molecular weight is 339 g/mol. The molecule has 0 spiro atoms. The summed E-state index contributed by atoms with van der Waals surface area (Å²) in [6.07, 6.45) is 8.46. The van der Waals surface area contributed by atoms with Crippen molar-refractivity contribution in [1.29, 1.82) is 0 Å². The predicted octanol–water partition coefficient (Wildman–Crippen LogP) is 3.85. The van der Waals surface area contributed by atoms with Gasteiger partial charge in [0.2, 0.25) is 17.6 Å². The van der Waals surface area contributed by atoms with Crippen molar-refractivity contribution in [1.82, 2.24) is 15.0 Å². The summed E-state index contributed by atoms with van der Waals surface area (Å²) in [5, 5.41) is 4.03. The van der Waals surface area contributed by atoms with Crippen molar-refractivity contribution in [3.05, 3.63) is 36.2 Å². The average Bonchev–Trinajstić information content (AvgIpc) is 3.15. The molecule has 25 heavy (non-hydrogen) atoms. The van der Waals surface area contributed by atoms with E-state index in [4.69, 9.17) is 4.52 Å². The second-order valence-corrected chi connectivity index (χ2v) is 7.22. The number of fused-ring (bicyclic) bond motifs is 1. The van der Waals surface area contributed by atoms with E-state index in [0.717, 1.165) is 24.4 Å². The van der Waals surface area contributed by atoms with E-state index in [1.54, 1.807) is 0 Å². The Balaban J connectivity index is 1.36. The lowest BCUT2D eigenvalue weighted by atomic mass is 9.78. The highest BCUT2D eigenvalue weighted by molar-refractivity contribution is 5.76. The fourth-order valence-electron chi connectivity index (χ4n) is 4.35. The van der Waals surface area contributed by atoms with Gasteiger partial charge in [-0.25, -0.2) is 0 Å². The molecule has 1 saturated carbocycles. The van der Waals surface area contributed by atoms with E-state index in [1.165, 1.54) is 32.1 Å². The van der Waals surface area contributed by atoms with Crippen LogP contribution in [0.5, 0.6) is 0 Å². The van der Waals surface area contributed by atoms with Crippen molar-refractivity contribution in [3.8, 4) is 11.4 Å². The Morgan fingerprint density at radius 1 is 1.12 bits per heavy atom. The summed E-state index contributed by atoms with van der Waals surface area (Å²) >= 11 is 0. The largest absolute Gasteiger partial charge is 0.339 e. The van der Waals surface area contributed by atoms with Gasteiger partial charge in [-0.15, -0.1) is 0 Å². The number of aryl methyl sites for hydroxylation is 1. The smallest absolute Gasteiger partial charge is 0.227 e. The Kier molecular flexibility index (Phi) is 4.81. The third kappa shape index (κ3) is 3.60. The monoisotopic (exact) mass is 339 g/mol. The van der Waals surface area contributed by atoms with Gasteiger partial charge in [0, 0.05) is 31.0 Å². The van der Waals surface area contributed by atoms with Crippen molar-refractivity contribution in [2.75, 3.05) is 6.54 Å². The van der Waals surface area contributed by atoms with Crippen LogP contribution in [-0.4, -0.2) is 33.5 Å². The van der Waals surface area contributed by atoms with Gasteiger partial charge >= 0.3 is 0 Å². The molecule has 2 unspecified atom stereocenters. The summed E-state index contributed by atoms with van der Waals surface area (Å²) < 4.78 is 5.33. The standard InChI is InChI=1S/C20H25N3O2/c24-19(23-14-6-10-15-7-4-5-11-17(15)23)13-12-18-21-20(22-25-18)16-8-2-1-3-9-16/h1-3,8-9,15,17H,4-7,10-14H2. The first-order valence-electron chi connectivity index (χ1n) is 9.49. The molecule has 5 heteroatoms. The van der Waals surface area contributed by atoms with Crippen molar-refractivity contribution in [2.24, 2.45) is 5.92 Å². The van der Waals surface area contributed by atoms with Gasteiger partial charge < -0.3 is 9.42 Å². The highest BCUT2D eigenvalue weighted by atomic mass is 16.5. The zero-order chi connectivity index (χ0) is 17.1. The minimum absolute atomic E-state index is 0.246. The van der Waals surface area contributed by atoms with E-state index in [2.05, 4.69) is 15.0 Å². The Morgan fingerprint density at radius 2 is 1.92 bits per heavy atom. The van der Waals surface area contributed by atoms with Crippen LogP contribution in [0.4, 0.5) is 0 Å². The molecule has 2 aliphatic rings. The maximum atomic E-state index is 12.7. The number of aromatic nitrogens is 2. The van der Waals surface area contributed by atoms with Crippen LogP contribution in [0.3, 0.4) is 0 Å². The summed E-state index contributed by atoms with van der Waals surface area (Å²) in [6.45, 7) is 0.916.